The average molecular weight is 182 g/mol. The van der Waals surface area contributed by atoms with Gasteiger partial charge < -0.3 is 4.79 Å². The van der Waals surface area contributed by atoms with E-state index in [0.717, 1.165) is 18.2 Å². The van der Waals surface area contributed by atoms with Crippen LogP contribution < -0.4 is 0 Å². The van der Waals surface area contributed by atoms with Gasteiger partial charge in [0.15, 0.2) is 0 Å². The third-order valence-corrected chi connectivity index (χ3v) is 1.49. The topological polar surface area (TPSA) is 17.1 Å². The van der Waals surface area contributed by atoms with Gasteiger partial charge in [0.1, 0.15) is 17.9 Å². The molecule has 3 heteroatoms. The number of carbonyl (C=O) groups is 1. The summed E-state index contributed by atoms with van der Waals surface area (Å²) in [5.41, 5.74) is 0.154. The first-order valence-corrected chi connectivity index (χ1v) is 3.79. The lowest BCUT2D eigenvalue weighted by molar-refractivity contribution is -0.107. The SMILES string of the molecule is O=CC/C=C/c1cc(F)ccc1F. The van der Waals surface area contributed by atoms with Crippen molar-refractivity contribution in [2.45, 2.75) is 6.42 Å². The van der Waals surface area contributed by atoms with E-state index < -0.39 is 11.6 Å². The highest BCUT2D eigenvalue weighted by molar-refractivity contribution is 5.58. The van der Waals surface area contributed by atoms with Crippen molar-refractivity contribution in [3.63, 3.8) is 0 Å². The molecule has 0 spiro atoms. The molecule has 0 radical (unpaired) electrons. The summed E-state index contributed by atoms with van der Waals surface area (Å²) in [5, 5.41) is 0. The Bertz CT molecular complexity index is 332. The van der Waals surface area contributed by atoms with Gasteiger partial charge in [-0.3, -0.25) is 0 Å². The molecule has 68 valence electrons. The van der Waals surface area contributed by atoms with Gasteiger partial charge in [-0.1, -0.05) is 12.2 Å². The van der Waals surface area contributed by atoms with Crippen molar-refractivity contribution in [2.75, 3.05) is 0 Å². The maximum atomic E-state index is 12.9. The van der Waals surface area contributed by atoms with Crippen LogP contribution in [0.2, 0.25) is 0 Å². The molecule has 0 amide bonds. The van der Waals surface area contributed by atoms with Gasteiger partial charge in [0.25, 0.3) is 0 Å². The van der Waals surface area contributed by atoms with Gasteiger partial charge in [-0.15, -0.1) is 0 Å². The van der Waals surface area contributed by atoms with E-state index in [2.05, 4.69) is 0 Å². The Labute approximate surface area is 74.7 Å². The van der Waals surface area contributed by atoms with Gasteiger partial charge in [-0.05, 0) is 18.2 Å². The zero-order valence-electron chi connectivity index (χ0n) is 6.84. The fourth-order valence-corrected chi connectivity index (χ4v) is 0.893. The van der Waals surface area contributed by atoms with Crippen LogP contribution in [0.3, 0.4) is 0 Å². The van der Waals surface area contributed by atoms with E-state index >= 15 is 0 Å². The van der Waals surface area contributed by atoms with Crippen molar-refractivity contribution in [2.24, 2.45) is 0 Å². The number of allylic oxidation sites excluding steroid dienone is 1. The highest BCUT2D eigenvalue weighted by Crippen LogP contribution is 2.11. The molecular weight excluding hydrogens is 174 g/mol. The van der Waals surface area contributed by atoms with Gasteiger partial charge in [-0.2, -0.15) is 0 Å². The Hall–Kier alpha value is -1.51. The van der Waals surface area contributed by atoms with Crippen LogP contribution in [0.5, 0.6) is 0 Å². The summed E-state index contributed by atoms with van der Waals surface area (Å²) in [7, 11) is 0. The van der Waals surface area contributed by atoms with Gasteiger partial charge in [-0.25, -0.2) is 8.78 Å². The number of aldehydes is 1. The lowest BCUT2D eigenvalue weighted by atomic mass is 10.2. The summed E-state index contributed by atoms with van der Waals surface area (Å²) in [6.45, 7) is 0. The van der Waals surface area contributed by atoms with Crippen LogP contribution in [0.1, 0.15) is 12.0 Å². The summed E-state index contributed by atoms with van der Waals surface area (Å²) in [6, 6.07) is 3.18. The fourth-order valence-electron chi connectivity index (χ4n) is 0.893. The number of hydrogen-bond acceptors (Lipinski definition) is 1. The van der Waals surface area contributed by atoms with E-state index in [-0.39, 0.29) is 12.0 Å². The first-order valence-electron chi connectivity index (χ1n) is 3.79. The molecule has 0 aliphatic carbocycles. The maximum absolute atomic E-state index is 12.9. The predicted octanol–water partition coefficient (Wildman–Crippen LogP) is 2.57. The fraction of sp³-hybridized carbons (Fsp3) is 0.100. The molecule has 0 bridgehead atoms. The first-order chi connectivity index (χ1) is 6.24. The van der Waals surface area contributed by atoms with Crippen LogP contribution in [-0.4, -0.2) is 6.29 Å². The summed E-state index contributed by atoms with van der Waals surface area (Å²) >= 11 is 0. The summed E-state index contributed by atoms with van der Waals surface area (Å²) in [6.07, 6.45) is 3.75. The molecule has 1 aromatic carbocycles. The second-order valence-electron chi connectivity index (χ2n) is 2.47. The average Bonchev–Trinajstić information content (AvgIpc) is 2.11. The number of rotatable bonds is 3. The Balaban J connectivity index is 2.86. The normalized spacial score (nSPS) is 10.6. The summed E-state index contributed by atoms with van der Waals surface area (Å²) in [4.78, 5) is 9.93. The second-order valence-corrected chi connectivity index (χ2v) is 2.47. The molecule has 1 rings (SSSR count). The molecule has 13 heavy (non-hydrogen) atoms. The van der Waals surface area contributed by atoms with Crippen molar-refractivity contribution >= 4 is 12.4 Å². The predicted molar refractivity (Wildman–Crippen MR) is 46.1 cm³/mol. The molecule has 0 aliphatic heterocycles. The third kappa shape index (κ3) is 2.78. The quantitative estimate of drug-likeness (QED) is 0.656. The molecule has 0 aromatic heterocycles. The molecule has 0 saturated carbocycles. The number of halogens is 2. The standard InChI is InChI=1S/C10H8F2O/c11-9-4-5-10(12)8(7-9)3-1-2-6-13/h1,3-7H,2H2/b3-1+. The highest BCUT2D eigenvalue weighted by atomic mass is 19.1. The summed E-state index contributed by atoms with van der Waals surface area (Å²) in [5.74, 6) is -0.990. The van der Waals surface area contributed by atoms with Crippen molar-refractivity contribution < 1.29 is 13.6 Å². The van der Waals surface area contributed by atoms with Crippen LogP contribution in [0, 0.1) is 11.6 Å². The van der Waals surface area contributed by atoms with Crippen molar-refractivity contribution in [3.05, 3.63) is 41.5 Å². The van der Waals surface area contributed by atoms with Crippen molar-refractivity contribution in [3.8, 4) is 0 Å². The van der Waals surface area contributed by atoms with Crippen LogP contribution in [0.4, 0.5) is 8.78 Å². The van der Waals surface area contributed by atoms with E-state index in [9.17, 15) is 13.6 Å². The minimum absolute atomic E-state index is 0.154. The van der Waals surface area contributed by atoms with Crippen LogP contribution in [0.15, 0.2) is 24.3 Å². The second kappa shape index (κ2) is 4.50. The molecule has 1 aromatic rings. The molecule has 0 atom stereocenters. The largest absolute Gasteiger partial charge is 0.303 e. The minimum Gasteiger partial charge on any atom is -0.303 e. The lowest BCUT2D eigenvalue weighted by Gasteiger charge is -1.95. The molecule has 1 nitrogen and oxygen atoms in total. The Kier molecular flexibility index (Phi) is 3.31. The van der Waals surface area contributed by atoms with E-state index in [0.29, 0.717) is 6.29 Å². The zero-order chi connectivity index (χ0) is 9.68. The molecule has 0 unspecified atom stereocenters. The number of carbonyl (C=O) groups excluding carboxylic acids is 1. The molecular formula is C10H8F2O. The molecule has 0 heterocycles. The first kappa shape index (κ1) is 9.58. The molecule has 0 saturated heterocycles. The van der Waals surface area contributed by atoms with E-state index in [1.807, 2.05) is 0 Å². The monoisotopic (exact) mass is 182 g/mol. The van der Waals surface area contributed by atoms with Gasteiger partial charge in [0.2, 0.25) is 0 Å². The maximum Gasteiger partial charge on any atom is 0.130 e. The zero-order valence-corrected chi connectivity index (χ0v) is 6.84. The van der Waals surface area contributed by atoms with Crippen LogP contribution in [0.25, 0.3) is 6.08 Å². The molecule has 0 N–H and O–H groups in total. The summed E-state index contributed by atoms with van der Waals surface area (Å²) < 4.78 is 25.5. The van der Waals surface area contributed by atoms with Gasteiger partial charge in [0.05, 0.1) is 0 Å². The van der Waals surface area contributed by atoms with Crippen LogP contribution >= 0.6 is 0 Å². The van der Waals surface area contributed by atoms with Crippen molar-refractivity contribution in [1.29, 1.82) is 0 Å². The Morgan fingerprint density at radius 2 is 2.08 bits per heavy atom. The smallest absolute Gasteiger partial charge is 0.130 e. The van der Waals surface area contributed by atoms with E-state index in [1.165, 1.54) is 12.2 Å². The van der Waals surface area contributed by atoms with Gasteiger partial charge >= 0.3 is 0 Å². The van der Waals surface area contributed by atoms with Crippen molar-refractivity contribution in [1.82, 2.24) is 0 Å². The Morgan fingerprint density at radius 3 is 2.77 bits per heavy atom. The van der Waals surface area contributed by atoms with Gasteiger partial charge in [0, 0.05) is 12.0 Å². The van der Waals surface area contributed by atoms with E-state index in [1.54, 1.807) is 0 Å². The minimum atomic E-state index is -0.497. The Morgan fingerprint density at radius 1 is 1.31 bits per heavy atom. The molecule has 0 fully saturated rings. The number of hydrogen-bond donors (Lipinski definition) is 0. The molecule has 0 aliphatic rings. The lowest BCUT2D eigenvalue weighted by Crippen LogP contribution is -1.83. The van der Waals surface area contributed by atoms with E-state index in [4.69, 9.17) is 0 Å². The highest BCUT2D eigenvalue weighted by Gasteiger charge is 1.98. The van der Waals surface area contributed by atoms with Crippen LogP contribution in [-0.2, 0) is 4.79 Å². The number of benzene rings is 1. The third-order valence-electron chi connectivity index (χ3n) is 1.49.